The number of rotatable bonds is 4. The van der Waals surface area contributed by atoms with Crippen LogP contribution in [0.15, 0.2) is 54.6 Å². The number of halogens is 1. The first kappa shape index (κ1) is 15.4. The van der Waals surface area contributed by atoms with Gasteiger partial charge in [0, 0.05) is 23.3 Å². The van der Waals surface area contributed by atoms with Crippen molar-refractivity contribution in [3.8, 4) is 0 Å². The fourth-order valence-corrected chi connectivity index (χ4v) is 2.64. The van der Waals surface area contributed by atoms with Crippen LogP contribution >= 0.6 is 0 Å². The zero-order chi connectivity index (χ0) is 16.4. The van der Waals surface area contributed by atoms with Crippen LogP contribution in [0.25, 0.3) is 10.9 Å². The molecule has 23 heavy (non-hydrogen) atoms. The summed E-state index contributed by atoms with van der Waals surface area (Å²) >= 11 is 0. The molecule has 0 spiro atoms. The first-order chi connectivity index (χ1) is 11.0. The number of fused-ring (bicyclic) bond motifs is 1. The number of pyridine rings is 1. The minimum absolute atomic E-state index is 0.305. The molecular formula is C19H19FN2O. The van der Waals surface area contributed by atoms with Crippen molar-refractivity contribution in [1.82, 2.24) is 4.98 Å². The summed E-state index contributed by atoms with van der Waals surface area (Å²) in [4.78, 5) is 4.41. The number of hydrogen-bond donors (Lipinski definition) is 2. The van der Waals surface area contributed by atoms with E-state index in [1.165, 1.54) is 12.1 Å². The molecule has 0 saturated heterocycles. The molecule has 118 valence electrons. The molecule has 0 aliphatic rings. The van der Waals surface area contributed by atoms with E-state index in [1.807, 2.05) is 43.3 Å². The Balaban J connectivity index is 1.91. The van der Waals surface area contributed by atoms with Crippen LogP contribution in [-0.4, -0.2) is 16.6 Å². The van der Waals surface area contributed by atoms with Gasteiger partial charge in [-0.1, -0.05) is 30.3 Å². The molecule has 1 atom stereocenters. The normalized spacial score (nSPS) is 13.7. The number of benzene rings is 2. The van der Waals surface area contributed by atoms with Crippen LogP contribution < -0.4 is 5.32 Å². The highest BCUT2D eigenvalue weighted by Crippen LogP contribution is 2.26. The molecule has 0 saturated carbocycles. The van der Waals surface area contributed by atoms with E-state index in [0.717, 1.165) is 22.5 Å². The molecule has 3 nitrogen and oxygen atoms in total. The van der Waals surface area contributed by atoms with Gasteiger partial charge in [0.25, 0.3) is 0 Å². The average molecular weight is 310 g/mol. The van der Waals surface area contributed by atoms with Gasteiger partial charge in [0.05, 0.1) is 5.52 Å². The SMILES string of the molecule is Cc1cc(NCC(C)(O)c2ccccc2)c2cc(F)ccc2n1. The number of nitrogens with one attached hydrogen (secondary N) is 1. The minimum atomic E-state index is -1.03. The minimum Gasteiger partial charge on any atom is -0.384 e. The maximum atomic E-state index is 13.6. The lowest BCUT2D eigenvalue weighted by atomic mass is 9.96. The predicted octanol–water partition coefficient (Wildman–Crippen LogP) is 4.00. The Morgan fingerprint density at radius 3 is 2.61 bits per heavy atom. The number of aliphatic hydroxyl groups is 1. The molecule has 0 aliphatic heterocycles. The largest absolute Gasteiger partial charge is 0.384 e. The Labute approximate surface area is 134 Å². The maximum Gasteiger partial charge on any atom is 0.124 e. The predicted molar refractivity (Wildman–Crippen MR) is 90.9 cm³/mol. The Kier molecular flexibility index (Phi) is 4.01. The summed E-state index contributed by atoms with van der Waals surface area (Å²) in [5.74, 6) is -0.305. The molecule has 0 aliphatic carbocycles. The summed E-state index contributed by atoms with van der Waals surface area (Å²) in [5, 5.41) is 14.6. The van der Waals surface area contributed by atoms with E-state index >= 15 is 0 Å². The summed E-state index contributed by atoms with van der Waals surface area (Å²) in [5.41, 5.74) is 2.13. The smallest absolute Gasteiger partial charge is 0.124 e. The third kappa shape index (κ3) is 3.32. The van der Waals surface area contributed by atoms with Crippen LogP contribution in [0, 0.1) is 12.7 Å². The lowest BCUT2D eigenvalue weighted by molar-refractivity contribution is 0.0716. The molecule has 3 aromatic rings. The zero-order valence-electron chi connectivity index (χ0n) is 13.2. The maximum absolute atomic E-state index is 13.6. The van der Waals surface area contributed by atoms with E-state index in [0.29, 0.717) is 11.9 Å². The highest BCUT2D eigenvalue weighted by molar-refractivity contribution is 5.91. The third-order valence-corrected chi connectivity index (χ3v) is 3.92. The Morgan fingerprint density at radius 1 is 1.13 bits per heavy atom. The van der Waals surface area contributed by atoms with Gasteiger partial charge in [-0.2, -0.15) is 0 Å². The fourth-order valence-electron chi connectivity index (χ4n) is 2.64. The van der Waals surface area contributed by atoms with E-state index < -0.39 is 5.60 Å². The summed E-state index contributed by atoms with van der Waals surface area (Å²) < 4.78 is 13.6. The quantitative estimate of drug-likeness (QED) is 0.765. The molecule has 3 rings (SSSR count). The van der Waals surface area contributed by atoms with Gasteiger partial charge < -0.3 is 10.4 Å². The summed E-state index contributed by atoms with van der Waals surface area (Å²) in [6.45, 7) is 3.96. The van der Waals surface area contributed by atoms with E-state index in [4.69, 9.17) is 0 Å². The number of nitrogens with zero attached hydrogens (tertiary/aromatic N) is 1. The standard InChI is InChI=1S/C19H19FN2O/c1-13-10-18(16-11-15(20)8-9-17(16)22-13)21-12-19(2,23)14-6-4-3-5-7-14/h3-11,23H,12H2,1-2H3,(H,21,22). The van der Waals surface area contributed by atoms with Gasteiger partial charge in [-0.15, -0.1) is 0 Å². The molecule has 2 N–H and O–H groups in total. The molecule has 1 unspecified atom stereocenters. The van der Waals surface area contributed by atoms with Crippen LogP contribution in [0.5, 0.6) is 0 Å². The van der Waals surface area contributed by atoms with Crippen molar-refractivity contribution in [1.29, 1.82) is 0 Å². The number of anilines is 1. The van der Waals surface area contributed by atoms with E-state index in [9.17, 15) is 9.50 Å². The van der Waals surface area contributed by atoms with Gasteiger partial charge in [-0.25, -0.2) is 4.39 Å². The van der Waals surface area contributed by atoms with Crippen molar-refractivity contribution in [2.75, 3.05) is 11.9 Å². The van der Waals surface area contributed by atoms with Crippen molar-refractivity contribution in [2.24, 2.45) is 0 Å². The Hall–Kier alpha value is -2.46. The second kappa shape index (κ2) is 5.97. The van der Waals surface area contributed by atoms with Gasteiger partial charge >= 0.3 is 0 Å². The summed E-state index contributed by atoms with van der Waals surface area (Å²) in [6, 6.07) is 15.9. The fraction of sp³-hybridized carbons (Fsp3) is 0.211. The van der Waals surface area contributed by atoms with E-state index in [-0.39, 0.29) is 5.82 Å². The van der Waals surface area contributed by atoms with Crippen LogP contribution in [0.4, 0.5) is 10.1 Å². The highest BCUT2D eigenvalue weighted by Gasteiger charge is 2.22. The van der Waals surface area contributed by atoms with Crippen LogP contribution in [0.2, 0.25) is 0 Å². The van der Waals surface area contributed by atoms with E-state index in [1.54, 1.807) is 13.0 Å². The van der Waals surface area contributed by atoms with Crippen molar-refractivity contribution in [3.05, 3.63) is 71.7 Å². The first-order valence-electron chi connectivity index (χ1n) is 7.54. The second-order valence-electron chi connectivity index (χ2n) is 5.97. The Bertz CT molecular complexity index is 831. The van der Waals surface area contributed by atoms with Crippen molar-refractivity contribution in [2.45, 2.75) is 19.4 Å². The van der Waals surface area contributed by atoms with Crippen LogP contribution in [0.1, 0.15) is 18.2 Å². The molecule has 4 heteroatoms. The molecule has 0 amide bonds. The third-order valence-electron chi connectivity index (χ3n) is 3.92. The molecular weight excluding hydrogens is 291 g/mol. The van der Waals surface area contributed by atoms with Crippen molar-refractivity contribution in [3.63, 3.8) is 0 Å². The summed E-state index contributed by atoms with van der Waals surface area (Å²) in [7, 11) is 0. The lowest BCUT2D eigenvalue weighted by Crippen LogP contribution is -2.30. The van der Waals surface area contributed by atoms with Gasteiger partial charge in [-0.05, 0) is 43.7 Å². The van der Waals surface area contributed by atoms with Gasteiger partial charge in [-0.3, -0.25) is 4.98 Å². The number of hydrogen-bond acceptors (Lipinski definition) is 3. The van der Waals surface area contributed by atoms with Crippen LogP contribution in [0.3, 0.4) is 0 Å². The van der Waals surface area contributed by atoms with Crippen LogP contribution in [-0.2, 0) is 5.60 Å². The topological polar surface area (TPSA) is 45.1 Å². The average Bonchev–Trinajstić information content (AvgIpc) is 2.54. The van der Waals surface area contributed by atoms with Gasteiger partial charge in [0.2, 0.25) is 0 Å². The van der Waals surface area contributed by atoms with Gasteiger partial charge in [0.1, 0.15) is 11.4 Å². The van der Waals surface area contributed by atoms with Crippen molar-refractivity contribution >= 4 is 16.6 Å². The van der Waals surface area contributed by atoms with Crippen molar-refractivity contribution < 1.29 is 9.50 Å². The molecule has 2 aromatic carbocycles. The molecule has 0 fully saturated rings. The zero-order valence-corrected chi connectivity index (χ0v) is 13.2. The highest BCUT2D eigenvalue weighted by atomic mass is 19.1. The molecule has 1 heterocycles. The molecule has 1 aromatic heterocycles. The number of aryl methyl sites for hydroxylation is 1. The number of aromatic nitrogens is 1. The van der Waals surface area contributed by atoms with Gasteiger partial charge in [0.15, 0.2) is 0 Å². The second-order valence-corrected chi connectivity index (χ2v) is 5.97. The lowest BCUT2D eigenvalue weighted by Gasteiger charge is -2.25. The monoisotopic (exact) mass is 310 g/mol. The molecule has 0 bridgehead atoms. The summed E-state index contributed by atoms with van der Waals surface area (Å²) in [6.07, 6.45) is 0. The molecule has 0 radical (unpaired) electrons. The first-order valence-corrected chi connectivity index (χ1v) is 7.54. The van der Waals surface area contributed by atoms with E-state index in [2.05, 4.69) is 10.3 Å². The Morgan fingerprint density at radius 2 is 1.87 bits per heavy atom.